The van der Waals surface area contributed by atoms with Crippen LogP contribution in [-0.4, -0.2) is 36.3 Å². The van der Waals surface area contributed by atoms with Crippen molar-refractivity contribution in [1.29, 1.82) is 0 Å². The van der Waals surface area contributed by atoms with Crippen LogP contribution in [0.4, 0.5) is 5.82 Å². The van der Waals surface area contributed by atoms with E-state index in [9.17, 15) is 13.2 Å². The van der Waals surface area contributed by atoms with Crippen LogP contribution in [0.1, 0.15) is 23.6 Å². The van der Waals surface area contributed by atoms with Crippen molar-refractivity contribution in [3.05, 3.63) is 82.3 Å². The predicted octanol–water partition coefficient (Wildman–Crippen LogP) is 3.04. The Morgan fingerprint density at radius 2 is 1.74 bits per heavy atom. The molecule has 0 unspecified atom stereocenters. The van der Waals surface area contributed by atoms with Crippen molar-refractivity contribution in [1.82, 2.24) is 14.8 Å². The third kappa shape index (κ3) is 3.71. The Balaban J connectivity index is 1.44. The summed E-state index contributed by atoms with van der Waals surface area (Å²) in [6, 6.07) is 18.6. The molecular weight excluding hydrogens is 462 g/mol. The van der Waals surface area contributed by atoms with Crippen LogP contribution in [0.5, 0.6) is 0 Å². The molecule has 0 amide bonds. The molecule has 2 aromatic heterocycles. The van der Waals surface area contributed by atoms with Gasteiger partial charge in [0, 0.05) is 53.6 Å². The highest BCUT2D eigenvalue weighted by Crippen LogP contribution is 2.39. The average Bonchev–Trinajstić information content (AvgIpc) is 2.84. The van der Waals surface area contributed by atoms with Crippen molar-refractivity contribution in [2.75, 3.05) is 18.0 Å². The summed E-state index contributed by atoms with van der Waals surface area (Å²) in [5, 5.41) is 16.5. The van der Waals surface area contributed by atoms with Crippen LogP contribution in [0.2, 0.25) is 0 Å². The van der Waals surface area contributed by atoms with Crippen LogP contribution < -0.4 is 15.6 Å². The number of aromatic nitrogens is 3. The summed E-state index contributed by atoms with van der Waals surface area (Å²) >= 11 is 0. The minimum atomic E-state index is -3.86. The van der Waals surface area contributed by atoms with E-state index in [-0.39, 0.29) is 16.4 Å². The quantitative estimate of drug-likeness (QED) is 0.476. The zero-order valence-corrected chi connectivity index (χ0v) is 20.1. The fourth-order valence-electron chi connectivity index (χ4n) is 5.66. The van der Waals surface area contributed by atoms with Gasteiger partial charge in [-0.15, -0.1) is 10.2 Å². The molecule has 178 valence electrons. The molecule has 4 aromatic rings. The predicted molar refractivity (Wildman–Crippen MR) is 135 cm³/mol. The van der Waals surface area contributed by atoms with Gasteiger partial charge in [0.25, 0.3) is 5.56 Å². The Hall–Kier alpha value is -3.56. The van der Waals surface area contributed by atoms with Gasteiger partial charge in [0.15, 0.2) is 5.82 Å². The Kier molecular flexibility index (Phi) is 5.01. The standard InChI is InChI=1S/C26H25N5O3S/c1-16-9-10-18(12-23(16)35(27,33)34)25-20-5-2-3-6-21(20)26(29-28-25)30-13-17-11-19(15-30)22-7-4-8-24(32)31(22)14-17/h2-10,12,17,19H,11,13-15H2,1H3,(H2,27,33,34)/t17-,19-/m0/s1. The Morgan fingerprint density at radius 3 is 2.54 bits per heavy atom. The number of piperidine rings is 1. The first-order chi connectivity index (χ1) is 16.8. The molecule has 2 aliphatic rings. The van der Waals surface area contributed by atoms with Gasteiger partial charge in [-0.25, -0.2) is 13.6 Å². The lowest BCUT2D eigenvalue weighted by atomic mass is 9.83. The molecule has 8 nitrogen and oxygen atoms in total. The van der Waals surface area contributed by atoms with Gasteiger partial charge in [-0.3, -0.25) is 4.79 Å². The molecule has 1 fully saturated rings. The summed E-state index contributed by atoms with van der Waals surface area (Å²) in [4.78, 5) is 14.7. The number of fused-ring (bicyclic) bond motifs is 5. The number of primary sulfonamides is 1. The van der Waals surface area contributed by atoms with Gasteiger partial charge in [0.05, 0.1) is 4.90 Å². The maximum absolute atomic E-state index is 12.4. The fraction of sp³-hybridized carbons (Fsp3) is 0.269. The van der Waals surface area contributed by atoms with Crippen LogP contribution in [0, 0.1) is 12.8 Å². The number of sulfonamides is 1. The van der Waals surface area contributed by atoms with E-state index in [1.807, 2.05) is 41.0 Å². The Labute approximate surface area is 203 Å². The largest absolute Gasteiger partial charge is 0.354 e. The molecule has 6 rings (SSSR count). The van der Waals surface area contributed by atoms with Crippen LogP contribution in [0.3, 0.4) is 0 Å². The summed E-state index contributed by atoms with van der Waals surface area (Å²) in [6.45, 7) is 3.99. The molecule has 1 saturated heterocycles. The van der Waals surface area contributed by atoms with Crippen LogP contribution >= 0.6 is 0 Å². The minimum Gasteiger partial charge on any atom is -0.354 e. The van der Waals surface area contributed by atoms with Gasteiger partial charge in [0.1, 0.15) is 5.69 Å². The van der Waals surface area contributed by atoms with Crippen LogP contribution in [0.15, 0.2) is 70.4 Å². The van der Waals surface area contributed by atoms with E-state index in [0.717, 1.165) is 41.8 Å². The number of hydrogen-bond acceptors (Lipinski definition) is 6. The first-order valence-electron chi connectivity index (χ1n) is 11.6. The molecule has 2 aliphatic heterocycles. The smallest absolute Gasteiger partial charge is 0.250 e. The first kappa shape index (κ1) is 21.9. The average molecular weight is 488 g/mol. The number of anilines is 1. The molecule has 9 heteroatoms. The topological polar surface area (TPSA) is 111 Å². The van der Waals surface area contributed by atoms with Crippen molar-refractivity contribution in [2.45, 2.75) is 30.7 Å². The van der Waals surface area contributed by atoms with E-state index in [0.29, 0.717) is 29.3 Å². The summed E-state index contributed by atoms with van der Waals surface area (Å²) in [5.74, 6) is 1.42. The maximum atomic E-state index is 12.4. The third-order valence-electron chi connectivity index (χ3n) is 7.22. The van der Waals surface area contributed by atoms with Crippen molar-refractivity contribution >= 4 is 26.6 Å². The molecule has 2 bridgehead atoms. The number of rotatable bonds is 3. The van der Waals surface area contributed by atoms with Crippen molar-refractivity contribution in [3.63, 3.8) is 0 Å². The van der Waals surface area contributed by atoms with E-state index in [2.05, 4.69) is 21.2 Å². The van der Waals surface area contributed by atoms with Gasteiger partial charge in [-0.1, -0.05) is 42.5 Å². The normalized spacial score (nSPS) is 19.5. The van der Waals surface area contributed by atoms with Crippen molar-refractivity contribution < 1.29 is 8.42 Å². The molecular formula is C26H25N5O3S. The zero-order chi connectivity index (χ0) is 24.3. The summed E-state index contributed by atoms with van der Waals surface area (Å²) < 4.78 is 26.1. The Morgan fingerprint density at radius 1 is 0.943 bits per heavy atom. The van der Waals surface area contributed by atoms with E-state index in [1.54, 1.807) is 25.1 Å². The molecule has 2 atom stereocenters. The van der Waals surface area contributed by atoms with Gasteiger partial charge in [0.2, 0.25) is 10.0 Å². The van der Waals surface area contributed by atoms with Crippen LogP contribution in [0.25, 0.3) is 22.0 Å². The molecule has 0 radical (unpaired) electrons. The highest BCUT2D eigenvalue weighted by molar-refractivity contribution is 7.89. The van der Waals surface area contributed by atoms with Gasteiger partial charge < -0.3 is 9.47 Å². The van der Waals surface area contributed by atoms with Gasteiger partial charge in [-0.05, 0) is 37.0 Å². The molecule has 35 heavy (non-hydrogen) atoms. The number of aryl methyl sites for hydroxylation is 1. The van der Waals surface area contributed by atoms with Crippen LogP contribution in [-0.2, 0) is 16.6 Å². The summed E-state index contributed by atoms with van der Waals surface area (Å²) in [7, 11) is -3.86. The summed E-state index contributed by atoms with van der Waals surface area (Å²) in [6.07, 6.45) is 1.06. The molecule has 2 N–H and O–H groups in total. The van der Waals surface area contributed by atoms with Crippen molar-refractivity contribution in [3.8, 4) is 11.3 Å². The van der Waals surface area contributed by atoms with E-state index >= 15 is 0 Å². The molecule has 2 aromatic carbocycles. The second kappa shape index (κ2) is 8.00. The number of hydrogen-bond donors (Lipinski definition) is 1. The minimum absolute atomic E-state index is 0.0669. The highest BCUT2D eigenvalue weighted by Gasteiger charge is 2.35. The lowest BCUT2D eigenvalue weighted by molar-refractivity contribution is 0.280. The molecule has 4 heterocycles. The second-order valence-corrected chi connectivity index (χ2v) is 11.1. The number of pyridine rings is 1. The number of nitrogens with zero attached hydrogens (tertiary/aromatic N) is 4. The maximum Gasteiger partial charge on any atom is 0.250 e. The third-order valence-corrected chi connectivity index (χ3v) is 8.27. The molecule has 0 spiro atoms. The van der Waals surface area contributed by atoms with Gasteiger partial charge >= 0.3 is 0 Å². The molecule has 0 aliphatic carbocycles. The number of benzene rings is 2. The van der Waals surface area contributed by atoms with E-state index < -0.39 is 10.0 Å². The molecule has 0 saturated carbocycles. The SMILES string of the molecule is Cc1ccc(-c2nnc(N3C[C@@H]4C[C@@H](C3)c3cccc(=O)n3C4)c3ccccc23)cc1S(N)(=O)=O. The lowest BCUT2D eigenvalue weighted by Crippen LogP contribution is -2.47. The second-order valence-electron chi connectivity index (χ2n) is 9.55. The fourth-order valence-corrected chi connectivity index (χ4v) is 6.47. The van der Waals surface area contributed by atoms with Gasteiger partial charge in [-0.2, -0.15) is 0 Å². The highest BCUT2D eigenvalue weighted by atomic mass is 32.2. The van der Waals surface area contributed by atoms with Crippen molar-refractivity contribution in [2.24, 2.45) is 11.1 Å². The monoisotopic (exact) mass is 487 g/mol. The Bertz CT molecular complexity index is 1650. The van der Waals surface area contributed by atoms with E-state index in [4.69, 9.17) is 5.14 Å². The first-order valence-corrected chi connectivity index (χ1v) is 13.2. The lowest BCUT2D eigenvalue weighted by Gasteiger charge is -2.43. The zero-order valence-electron chi connectivity index (χ0n) is 19.3. The number of nitrogens with two attached hydrogens (primary N) is 1. The van der Waals surface area contributed by atoms with E-state index in [1.165, 1.54) is 0 Å². The summed E-state index contributed by atoms with van der Waals surface area (Å²) in [5.41, 5.74) is 3.01.